The Balaban J connectivity index is 1.78. The maximum Gasteiger partial charge on any atom is 0.387 e. The van der Waals surface area contributed by atoms with Crippen LogP contribution < -0.4 is 10.1 Å². The minimum atomic E-state index is -2.96. The summed E-state index contributed by atoms with van der Waals surface area (Å²) in [7, 11) is 0. The molecular weight excluding hydrogens is 326 g/mol. The Morgan fingerprint density at radius 2 is 1.96 bits per heavy atom. The molecule has 0 saturated heterocycles. The van der Waals surface area contributed by atoms with Crippen LogP contribution in [0.4, 0.5) is 14.5 Å². The second kappa shape index (κ2) is 6.26. The Kier molecular flexibility index (Phi) is 4.16. The van der Waals surface area contributed by atoms with E-state index in [1.54, 1.807) is 6.07 Å². The molecule has 3 aromatic rings. The Labute approximate surface area is 135 Å². The normalized spacial score (nSPS) is 11.0. The number of para-hydroxylation sites is 1. The van der Waals surface area contributed by atoms with Crippen molar-refractivity contribution in [3.63, 3.8) is 0 Å². The predicted octanol–water partition coefficient (Wildman–Crippen LogP) is 4.68. The topological polar surface area (TPSA) is 54.1 Å². The molecule has 0 bridgehead atoms. The zero-order chi connectivity index (χ0) is 16.4. The highest BCUT2D eigenvalue weighted by atomic mass is 35.5. The molecule has 4 nitrogen and oxygen atoms in total. The highest BCUT2D eigenvalue weighted by Crippen LogP contribution is 2.29. The average molecular weight is 337 g/mol. The van der Waals surface area contributed by atoms with Gasteiger partial charge in [0.25, 0.3) is 5.91 Å². The second-order valence-electron chi connectivity index (χ2n) is 4.75. The molecule has 2 N–H and O–H groups in total. The first-order chi connectivity index (χ1) is 11.0. The van der Waals surface area contributed by atoms with Gasteiger partial charge in [-0.05, 0) is 30.3 Å². The number of ether oxygens (including phenoxy) is 1. The van der Waals surface area contributed by atoms with E-state index in [4.69, 9.17) is 11.6 Å². The van der Waals surface area contributed by atoms with Gasteiger partial charge in [-0.3, -0.25) is 4.79 Å². The third-order valence-corrected chi connectivity index (χ3v) is 3.48. The van der Waals surface area contributed by atoms with Crippen LogP contribution in [0.5, 0.6) is 5.75 Å². The fourth-order valence-corrected chi connectivity index (χ4v) is 2.39. The molecule has 0 fully saturated rings. The quantitative estimate of drug-likeness (QED) is 0.727. The summed E-state index contributed by atoms with van der Waals surface area (Å²) in [5.41, 5.74) is 1.60. The van der Waals surface area contributed by atoms with Crippen LogP contribution in [0.2, 0.25) is 5.02 Å². The van der Waals surface area contributed by atoms with E-state index in [-0.39, 0.29) is 16.7 Å². The lowest BCUT2D eigenvalue weighted by Crippen LogP contribution is -2.12. The number of carbonyl (C=O) groups is 1. The van der Waals surface area contributed by atoms with Gasteiger partial charge in [0.1, 0.15) is 11.4 Å². The zero-order valence-electron chi connectivity index (χ0n) is 11.6. The number of benzene rings is 2. The van der Waals surface area contributed by atoms with E-state index in [9.17, 15) is 13.6 Å². The molecule has 0 atom stereocenters. The fraction of sp³-hybridized carbons (Fsp3) is 0.0625. The van der Waals surface area contributed by atoms with Crippen molar-refractivity contribution in [3.05, 3.63) is 59.2 Å². The number of aromatic nitrogens is 1. The highest BCUT2D eigenvalue weighted by Gasteiger charge is 2.12. The molecule has 23 heavy (non-hydrogen) atoms. The monoisotopic (exact) mass is 336 g/mol. The molecule has 0 aliphatic heterocycles. The number of hydrogen-bond donors (Lipinski definition) is 2. The molecule has 1 heterocycles. The smallest absolute Gasteiger partial charge is 0.387 e. The van der Waals surface area contributed by atoms with Crippen molar-refractivity contribution in [3.8, 4) is 5.75 Å². The number of carbonyl (C=O) groups excluding carboxylic acids is 1. The lowest BCUT2D eigenvalue weighted by atomic mass is 10.2. The highest BCUT2D eigenvalue weighted by molar-refractivity contribution is 6.32. The number of nitrogens with one attached hydrogen (secondary N) is 2. The Hall–Kier alpha value is -2.60. The van der Waals surface area contributed by atoms with Crippen LogP contribution >= 0.6 is 11.6 Å². The first-order valence-corrected chi connectivity index (χ1v) is 7.04. The second-order valence-corrected chi connectivity index (χ2v) is 5.16. The third kappa shape index (κ3) is 3.43. The SMILES string of the molecule is O=C(Nc1ccc(OC(F)F)c(Cl)c1)c1cc2ccccc2[nH]1. The van der Waals surface area contributed by atoms with Crippen molar-refractivity contribution < 1.29 is 18.3 Å². The lowest BCUT2D eigenvalue weighted by molar-refractivity contribution is -0.0497. The van der Waals surface area contributed by atoms with Crippen molar-refractivity contribution in [2.45, 2.75) is 6.61 Å². The molecule has 1 aromatic heterocycles. The molecule has 2 aromatic carbocycles. The van der Waals surface area contributed by atoms with Gasteiger partial charge in [0.05, 0.1) is 5.02 Å². The average Bonchev–Trinajstić information content (AvgIpc) is 2.94. The summed E-state index contributed by atoms with van der Waals surface area (Å²) in [5.74, 6) is -0.509. The molecule has 0 unspecified atom stereocenters. The van der Waals surface area contributed by atoms with E-state index in [2.05, 4.69) is 15.0 Å². The molecule has 118 valence electrons. The van der Waals surface area contributed by atoms with Gasteiger partial charge in [-0.25, -0.2) is 0 Å². The molecule has 0 aliphatic rings. The lowest BCUT2D eigenvalue weighted by Gasteiger charge is -2.09. The number of alkyl halides is 2. The van der Waals surface area contributed by atoms with Gasteiger partial charge in [-0.15, -0.1) is 0 Å². The third-order valence-electron chi connectivity index (χ3n) is 3.18. The van der Waals surface area contributed by atoms with E-state index < -0.39 is 6.61 Å². The van der Waals surface area contributed by atoms with Crippen molar-refractivity contribution in [2.24, 2.45) is 0 Å². The predicted molar refractivity (Wildman–Crippen MR) is 84.3 cm³/mol. The standard InChI is InChI=1S/C16H11ClF2N2O2/c17-11-8-10(5-6-14(11)23-16(18)19)20-15(22)13-7-9-3-1-2-4-12(9)21-13/h1-8,16,21H,(H,20,22). The summed E-state index contributed by atoms with van der Waals surface area (Å²) in [5, 5.41) is 3.54. The number of halogens is 3. The van der Waals surface area contributed by atoms with Crippen molar-refractivity contribution in [2.75, 3.05) is 5.32 Å². The van der Waals surface area contributed by atoms with Crippen LogP contribution in [0.1, 0.15) is 10.5 Å². The summed E-state index contributed by atoms with van der Waals surface area (Å²) in [4.78, 5) is 15.2. The van der Waals surface area contributed by atoms with Crippen LogP contribution in [0.15, 0.2) is 48.5 Å². The maximum absolute atomic E-state index is 12.2. The summed E-state index contributed by atoms with van der Waals surface area (Å²) >= 11 is 5.85. The van der Waals surface area contributed by atoms with Crippen molar-refractivity contribution >= 4 is 34.1 Å². The van der Waals surface area contributed by atoms with E-state index in [0.29, 0.717) is 11.4 Å². The van der Waals surface area contributed by atoms with Gasteiger partial charge in [0, 0.05) is 16.6 Å². The Bertz CT molecular complexity index is 831. The number of amides is 1. The van der Waals surface area contributed by atoms with Gasteiger partial charge in [-0.1, -0.05) is 29.8 Å². The van der Waals surface area contributed by atoms with E-state index in [1.807, 2.05) is 24.3 Å². The summed E-state index contributed by atoms with van der Waals surface area (Å²) in [6, 6.07) is 13.3. The number of hydrogen-bond acceptors (Lipinski definition) is 2. The van der Waals surface area contributed by atoms with E-state index in [1.165, 1.54) is 18.2 Å². The first-order valence-electron chi connectivity index (χ1n) is 6.66. The van der Waals surface area contributed by atoms with E-state index in [0.717, 1.165) is 10.9 Å². The van der Waals surface area contributed by atoms with Crippen LogP contribution in [-0.2, 0) is 0 Å². The summed E-state index contributed by atoms with van der Waals surface area (Å²) < 4.78 is 28.6. The zero-order valence-corrected chi connectivity index (χ0v) is 12.4. The summed E-state index contributed by atoms with van der Waals surface area (Å²) in [6.07, 6.45) is 0. The molecule has 0 radical (unpaired) electrons. The van der Waals surface area contributed by atoms with Gasteiger partial charge in [0.15, 0.2) is 0 Å². The molecule has 0 aliphatic carbocycles. The molecule has 7 heteroatoms. The molecule has 1 amide bonds. The van der Waals surface area contributed by atoms with E-state index >= 15 is 0 Å². The summed E-state index contributed by atoms with van der Waals surface area (Å²) in [6.45, 7) is -2.96. The van der Waals surface area contributed by atoms with Crippen LogP contribution in [-0.4, -0.2) is 17.5 Å². The molecule has 0 spiro atoms. The maximum atomic E-state index is 12.2. The van der Waals surface area contributed by atoms with Gasteiger partial charge < -0.3 is 15.0 Å². The number of rotatable bonds is 4. The van der Waals surface area contributed by atoms with Crippen LogP contribution in [0.3, 0.4) is 0 Å². The van der Waals surface area contributed by atoms with Crippen LogP contribution in [0.25, 0.3) is 10.9 Å². The van der Waals surface area contributed by atoms with Gasteiger partial charge in [0.2, 0.25) is 0 Å². The molecule has 3 rings (SSSR count). The first kappa shape index (κ1) is 15.3. The number of fused-ring (bicyclic) bond motifs is 1. The number of anilines is 1. The number of aromatic amines is 1. The fourth-order valence-electron chi connectivity index (χ4n) is 2.16. The van der Waals surface area contributed by atoms with Gasteiger partial charge in [-0.2, -0.15) is 8.78 Å². The number of H-pyrrole nitrogens is 1. The Morgan fingerprint density at radius 1 is 1.17 bits per heavy atom. The minimum absolute atomic E-state index is 0.0141. The van der Waals surface area contributed by atoms with Crippen molar-refractivity contribution in [1.82, 2.24) is 4.98 Å². The minimum Gasteiger partial charge on any atom is -0.433 e. The van der Waals surface area contributed by atoms with Gasteiger partial charge >= 0.3 is 6.61 Å². The van der Waals surface area contributed by atoms with Crippen LogP contribution in [0, 0.1) is 0 Å². The van der Waals surface area contributed by atoms with Crippen molar-refractivity contribution in [1.29, 1.82) is 0 Å². The molecule has 0 saturated carbocycles. The Morgan fingerprint density at radius 3 is 2.65 bits per heavy atom. The molecular formula is C16H11ClF2N2O2. The largest absolute Gasteiger partial charge is 0.433 e.